The van der Waals surface area contributed by atoms with Gasteiger partial charge in [0.2, 0.25) is 0 Å². The summed E-state index contributed by atoms with van der Waals surface area (Å²) in [5.74, 6) is 0.527. The van der Waals surface area contributed by atoms with Crippen LogP contribution in [0.2, 0.25) is 0 Å². The Balaban J connectivity index is 1.50. The molecule has 0 spiro atoms. The number of aryl methyl sites for hydroxylation is 1. The van der Waals surface area contributed by atoms with Crippen molar-refractivity contribution in [2.45, 2.75) is 25.9 Å². The molecule has 2 amide bonds. The molecule has 0 fully saturated rings. The van der Waals surface area contributed by atoms with Gasteiger partial charge in [0.15, 0.2) is 0 Å². The first-order valence-electron chi connectivity index (χ1n) is 11.1. The molecule has 4 aromatic rings. The fraction of sp³-hybridized carbons (Fsp3) is 0.222. The number of urea groups is 1. The second kappa shape index (κ2) is 8.62. The minimum absolute atomic E-state index is 0.146. The Bertz CT molecular complexity index is 1300. The number of aromatic nitrogens is 1. The molecule has 2 heterocycles. The molecule has 0 radical (unpaired) electrons. The summed E-state index contributed by atoms with van der Waals surface area (Å²) in [4.78, 5) is 18.8. The topological polar surface area (TPSA) is 57.4 Å². The summed E-state index contributed by atoms with van der Waals surface area (Å²) in [6.45, 7) is 2.98. The van der Waals surface area contributed by atoms with Crippen LogP contribution in [0.25, 0.3) is 10.9 Å². The lowest BCUT2D eigenvalue weighted by Crippen LogP contribution is -2.45. The SMILES string of the molecule is COc1ccc2[nH]c3c(c2c1)CCN(C(=O)NCc1ccc(F)cc1)[C@@H]3c1ccc(C)cc1. The number of hydrogen-bond donors (Lipinski definition) is 2. The number of nitrogens with zero attached hydrogens (tertiary/aromatic N) is 1. The molecular formula is C27H26FN3O2. The summed E-state index contributed by atoms with van der Waals surface area (Å²) in [7, 11) is 1.67. The van der Waals surface area contributed by atoms with Crippen molar-refractivity contribution in [1.82, 2.24) is 15.2 Å². The van der Waals surface area contributed by atoms with Crippen LogP contribution in [0.1, 0.15) is 34.0 Å². The smallest absolute Gasteiger partial charge is 0.318 e. The van der Waals surface area contributed by atoms with Gasteiger partial charge in [-0.25, -0.2) is 9.18 Å². The lowest BCUT2D eigenvalue weighted by molar-refractivity contribution is 0.179. The Labute approximate surface area is 192 Å². The summed E-state index contributed by atoms with van der Waals surface area (Å²) in [5.41, 5.74) is 6.36. The van der Waals surface area contributed by atoms with Crippen molar-refractivity contribution < 1.29 is 13.9 Å². The Morgan fingerprint density at radius 2 is 1.88 bits per heavy atom. The van der Waals surface area contributed by atoms with Gasteiger partial charge in [-0.15, -0.1) is 0 Å². The largest absolute Gasteiger partial charge is 0.497 e. The number of hydrogen-bond acceptors (Lipinski definition) is 2. The molecule has 1 aliphatic heterocycles. The van der Waals surface area contributed by atoms with Crippen molar-refractivity contribution in [2.75, 3.05) is 13.7 Å². The van der Waals surface area contributed by atoms with Crippen molar-refractivity contribution in [3.05, 3.63) is 100 Å². The van der Waals surface area contributed by atoms with Crippen LogP contribution in [0.3, 0.4) is 0 Å². The molecule has 0 unspecified atom stereocenters. The van der Waals surface area contributed by atoms with E-state index in [0.29, 0.717) is 13.1 Å². The quantitative estimate of drug-likeness (QED) is 0.439. The molecule has 1 atom stereocenters. The minimum atomic E-state index is -0.288. The summed E-state index contributed by atoms with van der Waals surface area (Å²) in [6, 6.07) is 20.1. The third-order valence-corrected chi connectivity index (χ3v) is 6.35. The van der Waals surface area contributed by atoms with Crippen molar-refractivity contribution in [3.63, 3.8) is 0 Å². The van der Waals surface area contributed by atoms with E-state index in [4.69, 9.17) is 4.74 Å². The number of halogens is 1. The summed E-state index contributed by atoms with van der Waals surface area (Å²) in [5, 5.41) is 4.14. The molecule has 1 aromatic heterocycles. The van der Waals surface area contributed by atoms with E-state index in [1.54, 1.807) is 19.2 Å². The maximum atomic E-state index is 13.3. The second-order valence-electron chi connectivity index (χ2n) is 8.47. The van der Waals surface area contributed by atoms with Crippen LogP contribution in [0.15, 0.2) is 66.7 Å². The number of H-pyrrole nitrogens is 1. The predicted molar refractivity (Wildman–Crippen MR) is 127 cm³/mol. The van der Waals surface area contributed by atoms with E-state index in [9.17, 15) is 9.18 Å². The van der Waals surface area contributed by atoms with Gasteiger partial charge in [-0.2, -0.15) is 0 Å². The fourth-order valence-corrected chi connectivity index (χ4v) is 4.59. The Kier molecular flexibility index (Phi) is 5.50. The predicted octanol–water partition coefficient (Wildman–Crippen LogP) is 5.48. The maximum Gasteiger partial charge on any atom is 0.318 e. The number of amides is 2. The van der Waals surface area contributed by atoms with Gasteiger partial charge < -0.3 is 19.9 Å². The highest BCUT2D eigenvalue weighted by Crippen LogP contribution is 2.39. The van der Waals surface area contributed by atoms with E-state index in [-0.39, 0.29) is 17.9 Å². The van der Waals surface area contributed by atoms with Gasteiger partial charge in [-0.05, 0) is 60.4 Å². The molecule has 5 nitrogen and oxygen atoms in total. The normalized spacial score (nSPS) is 15.4. The molecule has 33 heavy (non-hydrogen) atoms. The highest BCUT2D eigenvalue weighted by Gasteiger charge is 2.34. The maximum absolute atomic E-state index is 13.3. The van der Waals surface area contributed by atoms with E-state index in [1.165, 1.54) is 23.3 Å². The summed E-state index contributed by atoms with van der Waals surface area (Å²) < 4.78 is 18.6. The number of carbonyl (C=O) groups is 1. The number of fused-ring (bicyclic) bond motifs is 3. The van der Waals surface area contributed by atoms with E-state index in [2.05, 4.69) is 47.6 Å². The van der Waals surface area contributed by atoms with E-state index in [0.717, 1.165) is 39.9 Å². The molecule has 2 N–H and O–H groups in total. The lowest BCUT2D eigenvalue weighted by atomic mass is 9.92. The lowest BCUT2D eigenvalue weighted by Gasteiger charge is -2.36. The molecule has 0 aliphatic carbocycles. The first kappa shape index (κ1) is 21.1. The highest BCUT2D eigenvalue weighted by atomic mass is 19.1. The fourth-order valence-electron chi connectivity index (χ4n) is 4.59. The van der Waals surface area contributed by atoms with E-state index >= 15 is 0 Å². The van der Waals surface area contributed by atoms with Crippen LogP contribution < -0.4 is 10.1 Å². The number of aromatic amines is 1. The van der Waals surface area contributed by atoms with Crippen LogP contribution in [-0.2, 0) is 13.0 Å². The molecule has 0 saturated heterocycles. The van der Waals surface area contributed by atoms with Gasteiger partial charge in [-0.3, -0.25) is 0 Å². The number of benzene rings is 3. The van der Waals surface area contributed by atoms with Gasteiger partial charge in [0.1, 0.15) is 11.6 Å². The monoisotopic (exact) mass is 443 g/mol. The molecular weight excluding hydrogens is 417 g/mol. The minimum Gasteiger partial charge on any atom is -0.497 e. The zero-order valence-corrected chi connectivity index (χ0v) is 18.7. The van der Waals surface area contributed by atoms with Gasteiger partial charge in [0, 0.05) is 29.7 Å². The van der Waals surface area contributed by atoms with Crippen LogP contribution >= 0.6 is 0 Å². The van der Waals surface area contributed by atoms with E-state index in [1.807, 2.05) is 17.0 Å². The third kappa shape index (κ3) is 4.04. The van der Waals surface area contributed by atoms with Gasteiger partial charge in [-0.1, -0.05) is 42.0 Å². The third-order valence-electron chi connectivity index (χ3n) is 6.35. The standard InChI is InChI=1S/C27H26FN3O2/c1-17-3-7-19(8-4-17)26-25-22(23-15-21(33-2)11-12-24(23)30-25)13-14-31(26)27(32)29-16-18-5-9-20(28)10-6-18/h3-12,15,26,30H,13-14,16H2,1-2H3,(H,29,32)/t26-/m1/s1. The number of carbonyl (C=O) groups excluding carboxylic acids is 1. The first-order valence-corrected chi connectivity index (χ1v) is 11.1. The molecule has 6 heteroatoms. The van der Waals surface area contributed by atoms with Crippen molar-refractivity contribution in [2.24, 2.45) is 0 Å². The summed E-state index contributed by atoms with van der Waals surface area (Å²) in [6.07, 6.45) is 0.745. The number of rotatable bonds is 4. The van der Waals surface area contributed by atoms with Gasteiger partial charge >= 0.3 is 6.03 Å². The van der Waals surface area contributed by atoms with Crippen molar-refractivity contribution in [3.8, 4) is 5.75 Å². The highest BCUT2D eigenvalue weighted by molar-refractivity contribution is 5.87. The zero-order valence-electron chi connectivity index (χ0n) is 18.7. The average Bonchev–Trinajstić information content (AvgIpc) is 3.21. The number of nitrogens with one attached hydrogen (secondary N) is 2. The number of methoxy groups -OCH3 is 1. The van der Waals surface area contributed by atoms with Crippen LogP contribution in [0.4, 0.5) is 9.18 Å². The molecule has 0 bridgehead atoms. The second-order valence-corrected chi connectivity index (χ2v) is 8.47. The Morgan fingerprint density at radius 3 is 2.61 bits per heavy atom. The Morgan fingerprint density at radius 1 is 1.12 bits per heavy atom. The van der Waals surface area contributed by atoms with E-state index < -0.39 is 0 Å². The molecule has 3 aromatic carbocycles. The molecule has 168 valence electrons. The summed E-state index contributed by atoms with van der Waals surface area (Å²) >= 11 is 0. The molecule has 1 aliphatic rings. The molecule has 5 rings (SSSR count). The van der Waals surface area contributed by atoms with Crippen LogP contribution in [0.5, 0.6) is 5.75 Å². The molecule has 0 saturated carbocycles. The van der Waals surface area contributed by atoms with Crippen molar-refractivity contribution in [1.29, 1.82) is 0 Å². The zero-order chi connectivity index (χ0) is 22.9. The first-order chi connectivity index (χ1) is 16.0. The average molecular weight is 444 g/mol. The van der Waals surface area contributed by atoms with Crippen molar-refractivity contribution >= 4 is 16.9 Å². The Hall–Kier alpha value is -3.80. The number of ether oxygens (including phenoxy) is 1. The van der Waals surface area contributed by atoms with Crippen LogP contribution in [-0.4, -0.2) is 29.6 Å². The van der Waals surface area contributed by atoms with Crippen LogP contribution in [0, 0.1) is 12.7 Å². The van der Waals surface area contributed by atoms with Gasteiger partial charge in [0.25, 0.3) is 0 Å². The van der Waals surface area contributed by atoms with Gasteiger partial charge in [0.05, 0.1) is 13.2 Å².